The first-order chi connectivity index (χ1) is 7.61. The van der Waals surface area contributed by atoms with Gasteiger partial charge in [0.1, 0.15) is 5.88 Å². The van der Waals surface area contributed by atoms with Crippen LogP contribution >= 0.6 is 11.6 Å². The predicted molar refractivity (Wildman–Crippen MR) is 56.2 cm³/mol. The van der Waals surface area contributed by atoms with Gasteiger partial charge in [-0.2, -0.15) is 0 Å². The van der Waals surface area contributed by atoms with Gasteiger partial charge in [-0.05, 0) is 29.7 Å². The summed E-state index contributed by atoms with van der Waals surface area (Å²) in [5.74, 6) is -1.98. The molecule has 2 nitrogen and oxygen atoms in total. The third-order valence-electron chi connectivity index (χ3n) is 2.72. The van der Waals surface area contributed by atoms with Gasteiger partial charge in [-0.3, -0.25) is 4.79 Å². The first-order valence-electron chi connectivity index (χ1n) is 4.92. The first kappa shape index (κ1) is 11.3. The van der Waals surface area contributed by atoms with Gasteiger partial charge in [-0.25, -0.2) is 8.78 Å². The third kappa shape index (κ3) is 2.02. The molecule has 0 aliphatic carbocycles. The molecule has 0 bridgehead atoms. The molecular formula is C11H10ClF2NO. The van der Waals surface area contributed by atoms with Crippen LogP contribution in [-0.4, -0.2) is 23.2 Å². The van der Waals surface area contributed by atoms with E-state index < -0.39 is 11.6 Å². The molecule has 1 aliphatic rings. The highest BCUT2D eigenvalue weighted by atomic mass is 35.5. The van der Waals surface area contributed by atoms with Crippen LogP contribution in [0.1, 0.15) is 11.1 Å². The number of fused-ring (bicyclic) bond motifs is 1. The van der Waals surface area contributed by atoms with Gasteiger partial charge in [0.25, 0.3) is 0 Å². The third-order valence-corrected chi connectivity index (χ3v) is 2.95. The fraction of sp³-hybridized carbons (Fsp3) is 0.364. The minimum absolute atomic E-state index is 0.0843. The fourth-order valence-electron chi connectivity index (χ4n) is 1.85. The van der Waals surface area contributed by atoms with Crippen molar-refractivity contribution in [1.29, 1.82) is 0 Å². The molecule has 86 valence electrons. The van der Waals surface area contributed by atoms with Gasteiger partial charge in [-0.1, -0.05) is 0 Å². The summed E-state index contributed by atoms with van der Waals surface area (Å²) in [5.41, 5.74) is 1.42. The number of carbonyl (C=O) groups is 1. The maximum atomic E-state index is 13.0. The quantitative estimate of drug-likeness (QED) is 0.694. The van der Waals surface area contributed by atoms with E-state index in [9.17, 15) is 13.6 Å². The Balaban J connectivity index is 2.27. The van der Waals surface area contributed by atoms with E-state index in [1.165, 1.54) is 6.07 Å². The van der Waals surface area contributed by atoms with Crippen LogP contribution in [0, 0.1) is 11.6 Å². The zero-order chi connectivity index (χ0) is 11.7. The van der Waals surface area contributed by atoms with E-state index in [0.717, 1.165) is 11.6 Å². The molecule has 0 radical (unpaired) electrons. The molecular weight excluding hydrogens is 236 g/mol. The average molecular weight is 246 g/mol. The lowest BCUT2D eigenvalue weighted by Gasteiger charge is -2.28. The largest absolute Gasteiger partial charge is 0.337 e. The smallest absolute Gasteiger partial charge is 0.237 e. The maximum absolute atomic E-state index is 13.0. The van der Waals surface area contributed by atoms with Crippen LogP contribution < -0.4 is 0 Å². The number of alkyl halides is 1. The predicted octanol–water partition coefficient (Wildman–Crippen LogP) is 2.09. The topological polar surface area (TPSA) is 20.3 Å². The summed E-state index contributed by atoms with van der Waals surface area (Å²) in [6.07, 6.45) is 0.537. The molecule has 0 spiro atoms. The molecule has 0 fully saturated rings. The summed E-state index contributed by atoms with van der Waals surface area (Å²) < 4.78 is 26.0. The zero-order valence-electron chi connectivity index (χ0n) is 8.47. The van der Waals surface area contributed by atoms with Crippen molar-refractivity contribution in [2.75, 3.05) is 12.4 Å². The molecule has 0 saturated heterocycles. The van der Waals surface area contributed by atoms with Crippen molar-refractivity contribution >= 4 is 17.5 Å². The monoisotopic (exact) mass is 245 g/mol. The second-order valence-electron chi connectivity index (χ2n) is 3.73. The van der Waals surface area contributed by atoms with Crippen molar-refractivity contribution in [2.24, 2.45) is 0 Å². The van der Waals surface area contributed by atoms with Crippen LogP contribution in [-0.2, 0) is 17.8 Å². The van der Waals surface area contributed by atoms with Gasteiger partial charge in [0.15, 0.2) is 11.6 Å². The molecule has 5 heteroatoms. The van der Waals surface area contributed by atoms with Gasteiger partial charge >= 0.3 is 0 Å². The van der Waals surface area contributed by atoms with E-state index in [4.69, 9.17) is 11.6 Å². The van der Waals surface area contributed by atoms with Gasteiger partial charge in [0.2, 0.25) is 5.91 Å². The molecule has 1 aliphatic heterocycles. The van der Waals surface area contributed by atoms with Gasteiger partial charge < -0.3 is 4.90 Å². The van der Waals surface area contributed by atoms with E-state index in [-0.39, 0.29) is 11.8 Å². The first-order valence-corrected chi connectivity index (χ1v) is 5.46. The molecule has 0 unspecified atom stereocenters. The van der Waals surface area contributed by atoms with Gasteiger partial charge in [-0.15, -0.1) is 11.6 Å². The molecule has 1 aromatic rings. The molecule has 0 saturated carbocycles. The van der Waals surface area contributed by atoms with Crippen molar-refractivity contribution in [3.8, 4) is 0 Å². The lowest BCUT2D eigenvalue weighted by Crippen LogP contribution is -2.36. The molecule has 0 N–H and O–H groups in total. The van der Waals surface area contributed by atoms with Crippen LogP contribution in [0.15, 0.2) is 12.1 Å². The normalized spacial score (nSPS) is 14.8. The Morgan fingerprint density at radius 1 is 1.31 bits per heavy atom. The van der Waals surface area contributed by atoms with Crippen molar-refractivity contribution in [3.05, 3.63) is 34.9 Å². The summed E-state index contributed by atoms with van der Waals surface area (Å²) in [7, 11) is 0. The van der Waals surface area contributed by atoms with Crippen LogP contribution in [0.4, 0.5) is 8.78 Å². The molecule has 1 aromatic carbocycles. The number of hydrogen-bond acceptors (Lipinski definition) is 1. The van der Waals surface area contributed by atoms with Gasteiger partial charge in [0, 0.05) is 13.1 Å². The number of benzene rings is 1. The van der Waals surface area contributed by atoms with Crippen LogP contribution in [0.5, 0.6) is 0 Å². The molecule has 1 heterocycles. The highest BCUT2D eigenvalue weighted by Gasteiger charge is 2.21. The average Bonchev–Trinajstić information content (AvgIpc) is 2.29. The Labute approximate surface area is 96.8 Å². The number of nitrogens with zero attached hydrogens (tertiary/aromatic N) is 1. The Hall–Kier alpha value is -1.16. The molecule has 0 aromatic heterocycles. The summed E-state index contributed by atoms with van der Waals surface area (Å²) in [6.45, 7) is 0.807. The molecule has 16 heavy (non-hydrogen) atoms. The van der Waals surface area contributed by atoms with E-state index in [1.54, 1.807) is 4.90 Å². The Bertz CT molecular complexity index is 436. The van der Waals surface area contributed by atoms with Crippen LogP contribution in [0.3, 0.4) is 0 Å². The molecule has 1 amide bonds. The Kier molecular flexibility index (Phi) is 3.10. The van der Waals surface area contributed by atoms with Crippen LogP contribution in [0.25, 0.3) is 0 Å². The lowest BCUT2D eigenvalue weighted by atomic mass is 9.99. The number of hydrogen-bond donors (Lipinski definition) is 0. The second kappa shape index (κ2) is 4.37. The fourth-order valence-corrected chi connectivity index (χ4v) is 2.02. The Morgan fingerprint density at radius 3 is 2.56 bits per heavy atom. The van der Waals surface area contributed by atoms with Crippen LogP contribution in [0.2, 0.25) is 0 Å². The number of amides is 1. The minimum atomic E-state index is -0.876. The summed E-state index contributed by atoms with van der Waals surface area (Å²) >= 11 is 5.44. The van der Waals surface area contributed by atoms with Gasteiger partial charge in [0.05, 0.1) is 0 Å². The summed E-state index contributed by atoms with van der Waals surface area (Å²) in [4.78, 5) is 12.9. The molecule has 2 rings (SSSR count). The van der Waals surface area contributed by atoms with E-state index in [0.29, 0.717) is 25.1 Å². The van der Waals surface area contributed by atoms with Crippen molar-refractivity contribution in [2.45, 2.75) is 13.0 Å². The Morgan fingerprint density at radius 2 is 1.94 bits per heavy atom. The maximum Gasteiger partial charge on any atom is 0.237 e. The lowest BCUT2D eigenvalue weighted by molar-refractivity contribution is -0.129. The summed E-state index contributed by atoms with van der Waals surface area (Å²) in [6, 6.07) is 2.35. The van der Waals surface area contributed by atoms with Crippen molar-refractivity contribution in [1.82, 2.24) is 4.90 Å². The number of rotatable bonds is 1. The van der Waals surface area contributed by atoms with Crippen molar-refractivity contribution in [3.63, 3.8) is 0 Å². The standard InChI is InChI=1S/C11H10ClF2NO/c12-5-11(16)15-2-1-7-3-9(13)10(14)4-8(7)6-15/h3-4H,1-2,5-6H2. The van der Waals surface area contributed by atoms with E-state index in [1.807, 2.05) is 0 Å². The highest BCUT2D eigenvalue weighted by Crippen LogP contribution is 2.22. The number of halogens is 3. The second-order valence-corrected chi connectivity index (χ2v) is 4.00. The SMILES string of the molecule is O=C(CCl)N1CCc2cc(F)c(F)cc2C1. The van der Waals surface area contributed by atoms with E-state index >= 15 is 0 Å². The number of carbonyl (C=O) groups excluding carboxylic acids is 1. The van der Waals surface area contributed by atoms with E-state index in [2.05, 4.69) is 0 Å². The summed E-state index contributed by atoms with van der Waals surface area (Å²) in [5, 5.41) is 0. The van der Waals surface area contributed by atoms with Crippen molar-refractivity contribution < 1.29 is 13.6 Å². The highest BCUT2D eigenvalue weighted by molar-refractivity contribution is 6.27. The minimum Gasteiger partial charge on any atom is -0.337 e. The zero-order valence-corrected chi connectivity index (χ0v) is 9.23. The molecule has 0 atom stereocenters.